The van der Waals surface area contributed by atoms with Crippen molar-refractivity contribution < 1.29 is 19.4 Å². The zero-order valence-electron chi connectivity index (χ0n) is 12.9. The Labute approximate surface area is 130 Å². The Bertz CT molecular complexity index is 545. The Balaban J connectivity index is 2.09. The first kappa shape index (κ1) is 16.3. The third kappa shape index (κ3) is 4.46. The van der Waals surface area contributed by atoms with Gasteiger partial charge in [-0.1, -0.05) is 12.1 Å². The second-order valence-corrected chi connectivity index (χ2v) is 5.69. The minimum Gasteiger partial charge on any atom is -0.491 e. The lowest BCUT2D eigenvalue weighted by Crippen LogP contribution is -2.55. The molecule has 0 saturated carbocycles. The third-order valence-electron chi connectivity index (χ3n) is 3.47. The number of carbonyl (C=O) groups is 2. The van der Waals surface area contributed by atoms with Crippen molar-refractivity contribution in [3.8, 4) is 5.75 Å². The van der Waals surface area contributed by atoms with Crippen LogP contribution in [-0.4, -0.2) is 47.1 Å². The van der Waals surface area contributed by atoms with Gasteiger partial charge in [0.05, 0.1) is 12.5 Å². The van der Waals surface area contributed by atoms with E-state index in [0.717, 1.165) is 11.3 Å². The molecule has 1 aromatic carbocycles. The second-order valence-electron chi connectivity index (χ2n) is 5.69. The molecule has 1 saturated heterocycles. The lowest BCUT2D eigenvalue weighted by atomic mass is 10.1. The summed E-state index contributed by atoms with van der Waals surface area (Å²) in [5.41, 5.74) is 1.00. The number of hydrogen-bond acceptors (Lipinski definition) is 4. The summed E-state index contributed by atoms with van der Waals surface area (Å²) in [5.74, 6) is -0.407. The van der Waals surface area contributed by atoms with Crippen LogP contribution in [0.25, 0.3) is 0 Å². The molecule has 0 aliphatic carbocycles. The monoisotopic (exact) mass is 306 g/mol. The molecule has 22 heavy (non-hydrogen) atoms. The third-order valence-corrected chi connectivity index (χ3v) is 3.47. The van der Waals surface area contributed by atoms with Gasteiger partial charge in [0, 0.05) is 19.6 Å². The van der Waals surface area contributed by atoms with Gasteiger partial charge in [-0.2, -0.15) is 0 Å². The number of amides is 1. The number of carboxylic acids is 1. The van der Waals surface area contributed by atoms with Gasteiger partial charge in [0.25, 0.3) is 0 Å². The van der Waals surface area contributed by atoms with Crippen LogP contribution in [0.15, 0.2) is 24.3 Å². The van der Waals surface area contributed by atoms with Crippen molar-refractivity contribution in [1.29, 1.82) is 0 Å². The van der Waals surface area contributed by atoms with E-state index < -0.39 is 12.0 Å². The Morgan fingerprint density at radius 1 is 1.50 bits per heavy atom. The van der Waals surface area contributed by atoms with Crippen molar-refractivity contribution in [3.63, 3.8) is 0 Å². The standard InChI is InChI=1S/C16H22N2O4/c1-11(2)22-13-5-3-4-12(8-13)10-18-7-6-17-16(21)14(18)9-15(19)20/h3-5,8,11,14H,6-7,9-10H2,1-2H3,(H,17,21)(H,19,20). The van der Waals surface area contributed by atoms with E-state index >= 15 is 0 Å². The molecule has 6 nitrogen and oxygen atoms in total. The Hall–Kier alpha value is -2.08. The fourth-order valence-corrected chi connectivity index (χ4v) is 2.56. The van der Waals surface area contributed by atoms with E-state index in [1.807, 2.05) is 43.0 Å². The summed E-state index contributed by atoms with van der Waals surface area (Å²) in [4.78, 5) is 24.8. The van der Waals surface area contributed by atoms with Crippen LogP contribution in [0.2, 0.25) is 0 Å². The average molecular weight is 306 g/mol. The van der Waals surface area contributed by atoms with Crippen molar-refractivity contribution in [3.05, 3.63) is 29.8 Å². The van der Waals surface area contributed by atoms with Gasteiger partial charge in [-0.3, -0.25) is 14.5 Å². The van der Waals surface area contributed by atoms with Gasteiger partial charge < -0.3 is 15.2 Å². The Morgan fingerprint density at radius 2 is 2.27 bits per heavy atom. The smallest absolute Gasteiger partial charge is 0.305 e. The quantitative estimate of drug-likeness (QED) is 0.827. The number of carbonyl (C=O) groups excluding carboxylic acids is 1. The van der Waals surface area contributed by atoms with E-state index in [2.05, 4.69) is 5.32 Å². The van der Waals surface area contributed by atoms with Crippen molar-refractivity contribution in [2.45, 2.75) is 39.0 Å². The van der Waals surface area contributed by atoms with Crippen LogP contribution in [0.4, 0.5) is 0 Å². The fourth-order valence-electron chi connectivity index (χ4n) is 2.56. The lowest BCUT2D eigenvalue weighted by molar-refractivity contribution is -0.143. The summed E-state index contributed by atoms with van der Waals surface area (Å²) in [7, 11) is 0. The molecule has 0 bridgehead atoms. The van der Waals surface area contributed by atoms with E-state index in [1.54, 1.807) is 0 Å². The van der Waals surface area contributed by atoms with Crippen molar-refractivity contribution in [2.24, 2.45) is 0 Å². The highest BCUT2D eigenvalue weighted by Gasteiger charge is 2.31. The zero-order valence-corrected chi connectivity index (χ0v) is 12.9. The van der Waals surface area contributed by atoms with Crippen LogP contribution in [0.1, 0.15) is 25.8 Å². The van der Waals surface area contributed by atoms with Crippen molar-refractivity contribution in [2.75, 3.05) is 13.1 Å². The van der Waals surface area contributed by atoms with Gasteiger partial charge in [-0.05, 0) is 31.5 Å². The number of ether oxygens (including phenoxy) is 1. The zero-order chi connectivity index (χ0) is 16.1. The number of benzene rings is 1. The highest BCUT2D eigenvalue weighted by Crippen LogP contribution is 2.19. The predicted molar refractivity (Wildman–Crippen MR) is 81.7 cm³/mol. The van der Waals surface area contributed by atoms with Crippen LogP contribution in [0.5, 0.6) is 5.75 Å². The van der Waals surface area contributed by atoms with Gasteiger partial charge >= 0.3 is 5.97 Å². The maximum atomic E-state index is 11.9. The number of rotatable bonds is 6. The molecular formula is C16H22N2O4. The molecule has 6 heteroatoms. The van der Waals surface area contributed by atoms with Gasteiger partial charge in [0.2, 0.25) is 5.91 Å². The first-order valence-corrected chi connectivity index (χ1v) is 7.45. The van der Waals surface area contributed by atoms with Crippen LogP contribution in [-0.2, 0) is 16.1 Å². The molecule has 1 aliphatic heterocycles. The van der Waals surface area contributed by atoms with E-state index in [9.17, 15) is 9.59 Å². The number of nitrogens with zero attached hydrogens (tertiary/aromatic N) is 1. The maximum Gasteiger partial charge on any atom is 0.305 e. The molecule has 0 radical (unpaired) electrons. The SMILES string of the molecule is CC(C)Oc1cccc(CN2CCNC(=O)C2CC(=O)O)c1. The molecule has 1 fully saturated rings. The number of aliphatic carboxylic acids is 1. The Kier molecular flexibility index (Phi) is 5.38. The molecule has 1 aliphatic rings. The first-order valence-electron chi connectivity index (χ1n) is 7.45. The minimum atomic E-state index is -0.969. The molecule has 120 valence electrons. The number of nitrogens with one attached hydrogen (secondary N) is 1. The summed E-state index contributed by atoms with van der Waals surface area (Å²) >= 11 is 0. The van der Waals surface area contributed by atoms with Crippen LogP contribution in [0, 0.1) is 0 Å². The molecule has 1 amide bonds. The van der Waals surface area contributed by atoms with Crippen LogP contribution >= 0.6 is 0 Å². The number of hydrogen-bond donors (Lipinski definition) is 2. The normalized spacial score (nSPS) is 19.0. The van der Waals surface area contributed by atoms with E-state index in [1.165, 1.54) is 0 Å². The summed E-state index contributed by atoms with van der Waals surface area (Å²) in [6.45, 7) is 5.63. The highest BCUT2D eigenvalue weighted by molar-refractivity contribution is 5.86. The first-order chi connectivity index (χ1) is 10.5. The molecule has 0 aromatic heterocycles. The van der Waals surface area contributed by atoms with Gasteiger partial charge in [0.15, 0.2) is 0 Å². The molecular weight excluding hydrogens is 284 g/mol. The predicted octanol–water partition coefficient (Wildman–Crippen LogP) is 1.25. The van der Waals surface area contributed by atoms with Gasteiger partial charge in [0.1, 0.15) is 11.8 Å². The van der Waals surface area contributed by atoms with Gasteiger partial charge in [-0.15, -0.1) is 0 Å². The lowest BCUT2D eigenvalue weighted by Gasteiger charge is -2.34. The van der Waals surface area contributed by atoms with Crippen LogP contribution < -0.4 is 10.1 Å². The summed E-state index contributed by atoms with van der Waals surface area (Å²) in [5, 5.41) is 11.7. The van der Waals surface area contributed by atoms with Crippen molar-refractivity contribution in [1.82, 2.24) is 10.2 Å². The van der Waals surface area contributed by atoms with E-state index in [0.29, 0.717) is 19.6 Å². The molecule has 0 spiro atoms. The molecule has 2 N–H and O–H groups in total. The summed E-state index contributed by atoms with van der Waals surface area (Å²) in [6.07, 6.45) is -0.0932. The molecule has 1 aromatic rings. The van der Waals surface area contributed by atoms with E-state index in [4.69, 9.17) is 9.84 Å². The largest absolute Gasteiger partial charge is 0.491 e. The van der Waals surface area contributed by atoms with E-state index in [-0.39, 0.29) is 18.4 Å². The Morgan fingerprint density at radius 3 is 2.95 bits per heavy atom. The molecule has 1 unspecified atom stereocenters. The molecule has 1 atom stereocenters. The topological polar surface area (TPSA) is 78.9 Å². The van der Waals surface area contributed by atoms with Gasteiger partial charge in [-0.25, -0.2) is 0 Å². The average Bonchev–Trinajstić information content (AvgIpc) is 2.42. The summed E-state index contributed by atoms with van der Waals surface area (Å²) < 4.78 is 5.66. The molecule has 2 rings (SSSR count). The molecule has 1 heterocycles. The number of piperazine rings is 1. The van der Waals surface area contributed by atoms with Crippen molar-refractivity contribution >= 4 is 11.9 Å². The fraction of sp³-hybridized carbons (Fsp3) is 0.500. The summed E-state index contributed by atoms with van der Waals surface area (Å²) in [6, 6.07) is 7.06. The van der Waals surface area contributed by atoms with Crippen LogP contribution in [0.3, 0.4) is 0 Å². The number of carboxylic acid groups (broad SMARTS) is 1. The second kappa shape index (κ2) is 7.26. The minimum absolute atomic E-state index is 0.0933. The maximum absolute atomic E-state index is 11.9. The highest BCUT2D eigenvalue weighted by atomic mass is 16.5.